The topological polar surface area (TPSA) is 50.2 Å². The average molecular weight is 381 g/mol. The van der Waals surface area contributed by atoms with E-state index in [9.17, 15) is 4.79 Å². The Morgan fingerprint density at radius 2 is 1.89 bits per heavy atom. The molecule has 0 spiro atoms. The van der Waals surface area contributed by atoms with Crippen molar-refractivity contribution < 1.29 is 9.90 Å². The Labute approximate surface area is 125 Å². The van der Waals surface area contributed by atoms with Crippen molar-refractivity contribution in [1.82, 2.24) is 4.98 Å². The zero-order valence-electron chi connectivity index (χ0n) is 10.7. The summed E-state index contributed by atoms with van der Waals surface area (Å²) in [4.78, 5) is 14.3. The molecule has 1 aromatic rings. The highest BCUT2D eigenvalue weighted by atomic mass is 79.9. The minimum Gasteiger partial charge on any atom is -0.481 e. The van der Waals surface area contributed by atoms with Gasteiger partial charge in [0, 0.05) is 21.3 Å². The Balaban J connectivity index is 0.000000327. The highest BCUT2D eigenvalue weighted by molar-refractivity contribution is 9.11. The third-order valence-corrected chi connectivity index (χ3v) is 3.29. The van der Waals surface area contributed by atoms with Gasteiger partial charge in [-0.3, -0.25) is 9.78 Å². The molecule has 102 valence electrons. The number of halogens is 2. The van der Waals surface area contributed by atoms with Crippen LogP contribution in [0.15, 0.2) is 27.4 Å². The molecule has 0 radical (unpaired) electrons. The van der Waals surface area contributed by atoms with Crippen LogP contribution in [0.4, 0.5) is 0 Å². The quantitative estimate of drug-likeness (QED) is 0.790. The summed E-state index contributed by atoms with van der Waals surface area (Å²) in [7, 11) is 0. The summed E-state index contributed by atoms with van der Waals surface area (Å²) in [5.41, 5.74) is 0. The lowest BCUT2D eigenvalue weighted by molar-refractivity contribution is -0.142. The molecule has 1 N–H and O–H groups in total. The van der Waals surface area contributed by atoms with Crippen LogP contribution in [0.3, 0.4) is 0 Å². The Bertz CT molecular complexity index is 341. The summed E-state index contributed by atoms with van der Waals surface area (Å²) in [5.74, 6) is -0.754. The van der Waals surface area contributed by atoms with Crippen LogP contribution >= 0.6 is 31.9 Å². The standard InChI is InChI=1S/C8H16O2.C5H3Br2N/c1-3-5-6-7(4-2)8(9)10;6-4-1-5(7)3-8-2-4/h7H,3-6H2,1-2H3,(H,9,10);1-3H. The van der Waals surface area contributed by atoms with Crippen LogP contribution in [-0.4, -0.2) is 16.1 Å². The Kier molecular flexibility index (Phi) is 10.3. The molecule has 18 heavy (non-hydrogen) atoms. The largest absolute Gasteiger partial charge is 0.481 e. The van der Waals surface area contributed by atoms with E-state index >= 15 is 0 Å². The minimum absolute atomic E-state index is 0.111. The molecule has 5 heteroatoms. The van der Waals surface area contributed by atoms with Crippen LogP contribution in [0.1, 0.15) is 39.5 Å². The summed E-state index contributed by atoms with van der Waals surface area (Å²) in [6.45, 7) is 4.00. The summed E-state index contributed by atoms with van der Waals surface area (Å²) in [6.07, 6.45) is 7.20. The molecule has 0 aliphatic heterocycles. The molecular formula is C13H19Br2NO2. The third-order valence-electron chi connectivity index (χ3n) is 2.42. The Morgan fingerprint density at radius 1 is 1.33 bits per heavy atom. The molecule has 0 saturated carbocycles. The maximum atomic E-state index is 10.4. The molecule has 0 amide bonds. The predicted octanol–water partition coefficient (Wildman–Crippen LogP) is 4.89. The molecule has 1 rings (SSSR count). The van der Waals surface area contributed by atoms with Crippen molar-refractivity contribution in [3.63, 3.8) is 0 Å². The van der Waals surface area contributed by atoms with Gasteiger partial charge in [0.25, 0.3) is 0 Å². The van der Waals surface area contributed by atoms with Gasteiger partial charge in [-0.15, -0.1) is 0 Å². The number of carboxylic acid groups (broad SMARTS) is 1. The molecule has 0 bridgehead atoms. The number of aromatic nitrogens is 1. The monoisotopic (exact) mass is 379 g/mol. The van der Waals surface area contributed by atoms with Crippen molar-refractivity contribution in [3.05, 3.63) is 27.4 Å². The number of rotatable bonds is 5. The van der Waals surface area contributed by atoms with Crippen molar-refractivity contribution in [2.24, 2.45) is 5.92 Å². The fourth-order valence-corrected chi connectivity index (χ4v) is 2.38. The van der Waals surface area contributed by atoms with Crippen molar-refractivity contribution in [2.45, 2.75) is 39.5 Å². The lowest BCUT2D eigenvalue weighted by atomic mass is 10.00. The first kappa shape index (κ1) is 17.6. The number of hydrogen-bond acceptors (Lipinski definition) is 2. The van der Waals surface area contributed by atoms with E-state index in [4.69, 9.17) is 5.11 Å². The summed E-state index contributed by atoms with van der Waals surface area (Å²) >= 11 is 6.54. The summed E-state index contributed by atoms with van der Waals surface area (Å²) in [5, 5.41) is 8.60. The smallest absolute Gasteiger partial charge is 0.306 e. The minimum atomic E-state index is -0.643. The van der Waals surface area contributed by atoms with Crippen LogP contribution in [0, 0.1) is 5.92 Å². The number of hydrogen-bond donors (Lipinski definition) is 1. The first-order valence-corrected chi connectivity index (χ1v) is 7.58. The van der Waals surface area contributed by atoms with Crippen LogP contribution in [-0.2, 0) is 4.79 Å². The number of carbonyl (C=O) groups is 1. The van der Waals surface area contributed by atoms with E-state index in [0.29, 0.717) is 0 Å². The van der Waals surface area contributed by atoms with Gasteiger partial charge in [0.05, 0.1) is 5.92 Å². The van der Waals surface area contributed by atoms with Crippen LogP contribution in [0.5, 0.6) is 0 Å². The van der Waals surface area contributed by atoms with Crippen molar-refractivity contribution in [2.75, 3.05) is 0 Å². The van der Waals surface area contributed by atoms with E-state index in [2.05, 4.69) is 43.8 Å². The van der Waals surface area contributed by atoms with Crippen molar-refractivity contribution in [1.29, 1.82) is 0 Å². The summed E-state index contributed by atoms with van der Waals surface area (Å²) < 4.78 is 1.98. The predicted molar refractivity (Wildman–Crippen MR) is 80.6 cm³/mol. The van der Waals surface area contributed by atoms with Crippen LogP contribution in [0.25, 0.3) is 0 Å². The third kappa shape index (κ3) is 8.64. The van der Waals surface area contributed by atoms with Gasteiger partial charge in [-0.05, 0) is 50.8 Å². The average Bonchev–Trinajstić information content (AvgIpc) is 2.30. The van der Waals surface area contributed by atoms with Crippen LogP contribution < -0.4 is 0 Å². The first-order chi connectivity index (χ1) is 8.51. The fourth-order valence-electron chi connectivity index (χ4n) is 1.34. The summed E-state index contributed by atoms with van der Waals surface area (Å²) in [6, 6.07) is 1.94. The number of pyridine rings is 1. The van der Waals surface area contributed by atoms with Crippen LogP contribution in [0.2, 0.25) is 0 Å². The van der Waals surface area contributed by atoms with E-state index in [1.807, 2.05) is 13.0 Å². The normalized spacial score (nSPS) is 11.3. The number of nitrogens with zero attached hydrogens (tertiary/aromatic N) is 1. The second-order valence-electron chi connectivity index (χ2n) is 3.91. The SMILES string of the molecule is Brc1cncc(Br)c1.CCCCC(CC)C(=O)O. The van der Waals surface area contributed by atoms with E-state index in [1.54, 1.807) is 12.4 Å². The highest BCUT2D eigenvalue weighted by Gasteiger charge is 2.12. The first-order valence-electron chi connectivity index (χ1n) is 6.00. The van der Waals surface area contributed by atoms with Gasteiger partial charge in [-0.2, -0.15) is 0 Å². The molecule has 1 atom stereocenters. The van der Waals surface area contributed by atoms with E-state index in [0.717, 1.165) is 34.6 Å². The fraction of sp³-hybridized carbons (Fsp3) is 0.538. The molecule has 3 nitrogen and oxygen atoms in total. The molecule has 0 aliphatic carbocycles. The van der Waals surface area contributed by atoms with Gasteiger partial charge in [-0.25, -0.2) is 0 Å². The maximum absolute atomic E-state index is 10.4. The van der Waals surface area contributed by atoms with Gasteiger partial charge in [0.2, 0.25) is 0 Å². The van der Waals surface area contributed by atoms with Crippen molar-refractivity contribution in [3.8, 4) is 0 Å². The zero-order chi connectivity index (χ0) is 14.0. The molecule has 0 aromatic carbocycles. The van der Waals surface area contributed by atoms with E-state index in [1.165, 1.54) is 0 Å². The number of carboxylic acids is 1. The number of unbranched alkanes of at least 4 members (excludes halogenated alkanes) is 1. The van der Waals surface area contributed by atoms with Gasteiger partial charge < -0.3 is 5.11 Å². The Hall–Kier alpha value is -0.420. The van der Waals surface area contributed by atoms with Gasteiger partial charge in [-0.1, -0.05) is 26.7 Å². The van der Waals surface area contributed by atoms with Gasteiger partial charge in [0.1, 0.15) is 0 Å². The molecule has 1 unspecified atom stereocenters. The van der Waals surface area contributed by atoms with Gasteiger partial charge in [0.15, 0.2) is 0 Å². The lowest BCUT2D eigenvalue weighted by Crippen LogP contribution is -2.11. The lowest BCUT2D eigenvalue weighted by Gasteiger charge is -2.06. The molecule has 0 aliphatic rings. The highest BCUT2D eigenvalue weighted by Crippen LogP contribution is 2.13. The Morgan fingerprint density at radius 3 is 2.17 bits per heavy atom. The van der Waals surface area contributed by atoms with E-state index < -0.39 is 5.97 Å². The molecule has 0 fully saturated rings. The number of aliphatic carboxylic acids is 1. The van der Waals surface area contributed by atoms with Gasteiger partial charge >= 0.3 is 5.97 Å². The molecular weight excluding hydrogens is 362 g/mol. The van der Waals surface area contributed by atoms with Crippen molar-refractivity contribution >= 4 is 37.8 Å². The second kappa shape index (κ2) is 10.5. The molecule has 0 saturated heterocycles. The second-order valence-corrected chi connectivity index (χ2v) is 5.74. The van der Waals surface area contributed by atoms with E-state index in [-0.39, 0.29) is 5.92 Å². The zero-order valence-corrected chi connectivity index (χ0v) is 13.9. The molecule has 1 heterocycles. The maximum Gasteiger partial charge on any atom is 0.306 e. The molecule has 1 aromatic heterocycles.